The Bertz CT molecular complexity index is 797. The fourth-order valence-corrected chi connectivity index (χ4v) is 3.37. The lowest BCUT2D eigenvalue weighted by Gasteiger charge is -2.07. The zero-order chi connectivity index (χ0) is 15.0. The number of rotatable bonds is 4. The number of aromatic nitrogens is 3. The number of nitrogens with zero attached hydrogens (tertiary/aromatic N) is 3. The van der Waals surface area contributed by atoms with E-state index in [1.807, 2.05) is 17.7 Å². The van der Waals surface area contributed by atoms with Crippen molar-refractivity contribution in [3.05, 3.63) is 44.9 Å². The van der Waals surface area contributed by atoms with Gasteiger partial charge in [0.2, 0.25) is 0 Å². The van der Waals surface area contributed by atoms with E-state index in [9.17, 15) is 4.39 Å². The Morgan fingerprint density at radius 2 is 2.19 bits per heavy atom. The molecule has 3 nitrogen and oxygen atoms in total. The quantitative estimate of drug-likeness (QED) is 0.656. The molecule has 0 atom stereocenters. The van der Waals surface area contributed by atoms with Gasteiger partial charge >= 0.3 is 0 Å². The zero-order valence-electron chi connectivity index (χ0n) is 11.2. The van der Waals surface area contributed by atoms with Gasteiger partial charge in [0.15, 0.2) is 0 Å². The molecule has 2 heterocycles. The molecule has 110 valence electrons. The lowest BCUT2D eigenvalue weighted by molar-refractivity contribution is 0.629. The molecule has 1 aromatic carbocycles. The molecular formula is C14H12Cl2FN3S. The van der Waals surface area contributed by atoms with Crippen LogP contribution in [0.15, 0.2) is 18.3 Å². The highest BCUT2D eigenvalue weighted by Crippen LogP contribution is 2.26. The first-order valence-electron chi connectivity index (χ1n) is 6.40. The van der Waals surface area contributed by atoms with Gasteiger partial charge in [0.05, 0.1) is 27.6 Å². The molecule has 0 unspecified atom stereocenters. The SMILES string of the molecule is Cc1ncc(Cn2c(CCCl)nc3cc(F)c(Cl)cc32)s1. The lowest BCUT2D eigenvalue weighted by Crippen LogP contribution is -2.05. The van der Waals surface area contributed by atoms with Crippen LogP contribution in [-0.2, 0) is 13.0 Å². The number of hydrogen-bond acceptors (Lipinski definition) is 3. The number of thiazole rings is 1. The van der Waals surface area contributed by atoms with E-state index in [-0.39, 0.29) is 5.02 Å². The van der Waals surface area contributed by atoms with Crippen molar-refractivity contribution in [1.82, 2.24) is 14.5 Å². The number of hydrogen-bond donors (Lipinski definition) is 0. The summed E-state index contributed by atoms with van der Waals surface area (Å²) in [6.07, 6.45) is 2.47. The number of alkyl halides is 1. The average Bonchev–Trinajstić information content (AvgIpc) is 2.97. The predicted molar refractivity (Wildman–Crippen MR) is 85.1 cm³/mol. The minimum atomic E-state index is -0.458. The van der Waals surface area contributed by atoms with Crippen molar-refractivity contribution in [2.24, 2.45) is 0 Å². The Kier molecular flexibility index (Phi) is 4.15. The van der Waals surface area contributed by atoms with E-state index in [0.29, 0.717) is 24.4 Å². The molecule has 2 aromatic heterocycles. The summed E-state index contributed by atoms with van der Waals surface area (Å²) >= 11 is 13.4. The van der Waals surface area contributed by atoms with Crippen molar-refractivity contribution in [2.75, 3.05) is 5.88 Å². The molecular weight excluding hydrogens is 332 g/mol. The molecule has 7 heteroatoms. The summed E-state index contributed by atoms with van der Waals surface area (Å²) in [5, 5.41) is 1.11. The van der Waals surface area contributed by atoms with Gasteiger partial charge in [0.1, 0.15) is 11.6 Å². The maximum absolute atomic E-state index is 13.6. The first-order valence-corrected chi connectivity index (χ1v) is 8.13. The molecule has 3 rings (SSSR count). The van der Waals surface area contributed by atoms with Gasteiger partial charge < -0.3 is 4.57 Å². The van der Waals surface area contributed by atoms with Crippen LogP contribution < -0.4 is 0 Å². The maximum Gasteiger partial charge on any atom is 0.144 e. The van der Waals surface area contributed by atoms with E-state index in [1.165, 1.54) is 6.07 Å². The molecule has 3 aromatic rings. The maximum atomic E-state index is 13.6. The van der Waals surface area contributed by atoms with Crippen LogP contribution in [0.2, 0.25) is 5.02 Å². The second kappa shape index (κ2) is 5.91. The third-order valence-electron chi connectivity index (χ3n) is 3.17. The summed E-state index contributed by atoms with van der Waals surface area (Å²) in [5.74, 6) is 0.828. The molecule has 21 heavy (non-hydrogen) atoms. The van der Waals surface area contributed by atoms with Crippen molar-refractivity contribution in [2.45, 2.75) is 19.9 Å². The van der Waals surface area contributed by atoms with Gasteiger partial charge in [-0.2, -0.15) is 0 Å². The van der Waals surface area contributed by atoms with Crippen molar-refractivity contribution >= 4 is 45.6 Å². The predicted octanol–water partition coefficient (Wildman–Crippen LogP) is 4.42. The van der Waals surface area contributed by atoms with Crippen LogP contribution in [0.25, 0.3) is 11.0 Å². The normalized spacial score (nSPS) is 11.4. The smallest absolute Gasteiger partial charge is 0.144 e. The third-order valence-corrected chi connectivity index (χ3v) is 4.55. The molecule has 0 saturated heterocycles. The summed E-state index contributed by atoms with van der Waals surface area (Å²) in [7, 11) is 0. The number of fused-ring (bicyclic) bond motifs is 1. The second-order valence-corrected chi connectivity index (χ2v) is 6.76. The van der Waals surface area contributed by atoms with Crippen LogP contribution in [0.4, 0.5) is 4.39 Å². The minimum absolute atomic E-state index is 0.0987. The van der Waals surface area contributed by atoms with Crippen LogP contribution in [0.5, 0.6) is 0 Å². The van der Waals surface area contributed by atoms with Gasteiger partial charge in [-0.3, -0.25) is 0 Å². The molecule has 0 radical (unpaired) electrons. The van der Waals surface area contributed by atoms with Crippen LogP contribution in [-0.4, -0.2) is 20.4 Å². The molecule has 0 saturated carbocycles. The molecule has 0 amide bonds. The van der Waals surface area contributed by atoms with Gasteiger partial charge in [0, 0.05) is 29.4 Å². The number of halogens is 3. The van der Waals surface area contributed by atoms with Crippen molar-refractivity contribution < 1.29 is 4.39 Å². The topological polar surface area (TPSA) is 30.7 Å². The summed E-state index contributed by atoms with van der Waals surface area (Å²) in [6, 6.07) is 2.98. The Morgan fingerprint density at radius 1 is 1.38 bits per heavy atom. The number of aryl methyl sites for hydroxylation is 2. The first kappa shape index (κ1) is 14.8. The van der Waals surface area contributed by atoms with Gasteiger partial charge in [-0.1, -0.05) is 11.6 Å². The Labute approximate surface area is 135 Å². The molecule has 0 aliphatic rings. The van der Waals surface area contributed by atoms with E-state index >= 15 is 0 Å². The highest BCUT2D eigenvalue weighted by atomic mass is 35.5. The highest BCUT2D eigenvalue weighted by molar-refractivity contribution is 7.11. The van der Waals surface area contributed by atoms with Gasteiger partial charge in [0.25, 0.3) is 0 Å². The Hall–Kier alpha value is -1.17. The zero-order valence-corrected chi connectivity index (χ0v) is 13.6. The minimum Gasteiger partial charge on any atom is -0.323 e. The summed E-state index contributed by atoms with van der Waals surface area (Å²) < 4.78 is 15.6. The molecule has 0 aliphatic carbocycles. The molecule has 0 fully saturated rings. The summed E-state index contributed by atoms with van der Waals surface area (Å²) in [4.78, 5) is 9.84. The van der Waals surface area contributed by atoms with Crippen LogP contribution in [0, 0.1) is 12.7 Å². The van der Waals surface area contributed by atoms with Crippen molar-refractivity contribution in [1.29, 1.82) is 0 Å². The Morgan fingerprint density at radius 3 is 2.86 bits per heavy atom. The first-order chi connectivity index (χ1) is 10.1. The fraction of sp³-hybridized carbons (Fsp3) is 0.286. The monoisotopic (exact) mass is 343 g/mol. The fourth-order valence-electron chi connectivity index (χ4n) is 2.26. The van der Waals surface area contributed by atoms with E-state index in [2.05, 4.69) is 9.97 Å². The van der Waals surface area contributed by atoms with E-state index in [0.717, 1.165) is 21.2 Å². The van der Waals surface area contributed by atoms with E-state index in [4.69, 9.17) is 23.2 Å². The van der Waals surface area contributed by atoms with E-state index in [1.54, 1.807) is 17.4 Å². The second-order valence-electron chi connectivity index (χ2n) is 4.65. The van der Waals surface area contributed by atoms with Crippen LogP contribution in [0.3, 0.4) is 0 Å². The number of benzene rings is 1. The lowest BCUT2D eigenvalue weighted by atomic mass is 10.3. The van der Waals surface area contributed by atoms with Gasteiger partial charge in [-0.15, -0.1) is 22.9 Å². The van der Waals surface area contributed by atoms with E-state index < -0.39 is 5.82 Å². The summed E-state index contributed by atoms with van der Waals surface area (Å²) in [6.45, 7) is 2.60. The molecule has 0 N–H and O–H groups in total. The van der Waals surface area contributed by atoms with Gasteiger partial charge in [-0.05, 0) is 13.0 Å². The molecule has 0 spiro atoms. The van der Waals surface area contributed by atoms with Crippen LogP contribution >= 0.6 is 34.5 Å². The standard InChI is InChI=1S/C14H12Cl2FN3S/c1-8-18-6-9(21-8)7-20-13-4-10(16)11(17)5-12(13)19-14(20)2-3-15/h4-6H,2-3,7H2,1H3. The molecule has 0 aliphatic heterocycles. The molecule has 0 bridgehead atoms. The number of imidazole rings is 1. The average molecular weight is 344 g/mol. The summed E-state index contributed by atoms with van der Waals surface area (Å²) in [5.41, 5.74) is 1.41. The highest BCUT2D eigenvalue weighted by Gasteiger charge is 2.14. The van der Waals surface area contributed by atoms with Gasteiger partial charge in [-0.25, -0.2) is 14.4 Å². The van der Waals surface area contributed by atoms with Crippen molar-refractivity contribution in [3.8, 4) is 0 Å². The largest absolute Gasteiger partial charge is 0.323 e. The van der Waals surface area contributed by atoms with Crippen LogP contribution in [0.1, 0.15) is 15.7 Å². The Balaban J connectivity index is 2.12. The van der Waals surface area contributed by atoms with Crippen molar-refractivity contribution in [3.63, 3.8) is 0 Å². The third kappa shape index (κ3) is 2.91.